The molecule has 0 aliphatic heterocycles. The predicted octanol–water partition coefficient (Wildman–Crippen LogP) is 2.61. The molecule has 0 aromatic carbocycles. The fourth-order valence-electron chi connectivity index (χ4n) is 0.812. The monoisotopic (exact) mass is 307 g/mol. The molecule has 0 radical (unpaired) electrons. The van der Waals surface area contributed by atoms with Crippen LogP contribution >= 0.6 is 39.0 Å². The third kappa shape index (κ3) is 4.67. The van der Waals surface area contributed by atoms with E-state index in [4.69, 9.17) is 5.41 Å². The van der Waals surface area contributed by atoms with Crippen molar-refractivity contribution >= 4 is 50.2 Å². The number of nitrogens with one attached hydrogen (secondary N) is 3. The predicted molar refractivity (Wildman–Crippen MR) is 68.6 cm³/mol. The van der Waals surface area contributed by atoms with E-state index < -0.39 is 0 Å². The third-order valence-corrected chi connectivity index (χ3v) is 3.62. The number of carbonyl (C=O) groups is 1. The molecule has 1 rings (SSSR count). The molecule has 1 aromatic rings. The molecule has 0 fully saturated rings. The van der Waals surface area contributed by atoms with E-state index in [1.54, 1.807) is 17.6 Å². The van der Waals surface area contributed by atoms with Gasteiger partial charge in [-0.25, -0.2) is 4.79 Å². The molecule has 0 bridgehead atoms. The van der Waals surface area contributed by atoms with Gasteiger partial charge in [0.1, 0.15) is 0 Å². The van der Waals surface area contributed by atoms with E-state index in [-0.39, 0.29) is 11.2 Å². The van der Waals surface area contributed by atoms with Crippen molar-refractivity contribution in [1.29, 1.82) is 5.41 Å². The van der Waals surface area contributed by atoms with Crippen LogP contribution in [0.5, 0.6) is 0 Å². The second kappa shape index (κ2) is 6.14. The molecule has 0 saturated carbocycles. The Labute approximate surface area is 104 Å². The summed E-state index contributed by atoms with van der Waals surface area (Å²) in [5.41, 5.74) is 0. The lowest BCUT2D eigenvalue weighted by Gasteiger charge is -2.05. The zero-order valence-corrected chi connectivity index (χ0v) is 11.2. The van der Waals surface area contributed by atoms with Crippen molar-refractivity contribution in [2.45, 2.75) is 6.54 Å². The second-order valence-electron chi connectivity index (χ2n) is 2.55. The summed E-state index contributed by atoms with van der Waals surface area (Å²) in [6.07, 6.45) is 1.74. The summed E-state index contributed by atoms with van der Waals surface area (Å²) in [6.45, 7) is 0.476. The molecule has 1 aromatic heterocycles. The number of thiophene rings is 1. The van der Waals surface area contributed by atoms with Crippen LogP contribution in [0.3, 0.4) is 0 Å². The lowest BCUT2D eigenvalue weighted by Crippen LogP contribution is -2.37. The molecule has 7 heteroatoms. The lowest BCUT2D eigenvalue weighted by atomic mass is 10.5. The fraction of sp³-hybridized carbons (Fsp3) is 0.250. The van der Waals surface area contributed by atoms with Crippen LogP contribution in [0.4, 0.5) is 4.79 Å². The van der Waals surface area contributed by atoms with Crippen molar-refractivity contribution in [3.63, 3.8) is 0 Å². The number of carbonyl (C=O) groups excluding carboxylic acids is 1. The first-order valence-electron chi connectivity index (χ1n) is 4.03. The molecule has 1 heterocycles. The maximum absolute atomic E-state index is 11.2. The Balaban J connectivity index is 2.31. The van der Waals surface area contributed by atoms with E-state index in [0.717, 1.165) is 8.66 Å². The Bertz CT molecular complexity index is 367. The van der Waals surface area contributed by atoms with Crippen LogP contribution in [0.25, 0.3) is 0 Å². The third-order valence-electron chi connectivity index (χ3n) is 1.48. The summed E-state index contributed by atoms with van der Waals surface area (Å²) in [4.78, 5) is 12.3. The normalized spacial score (nSPS) is 9.73. The zero-order valence-electron chi connectivity index (χ0n) is 7.96. The van der Waals surface area contributed by atoms with Crippen LogP contribution in [0, 0.1) is 5.41 Å². The topological polar surface area (TPSA) is 65.0 Å². The Hall–Kier alpha value is -0.530. The van der Waals surface area contributed by atoms with Crippen molar-refractivity contribution in [3.05, 3.63) is 20.8 Å². The second-order valence-corrected chi connectivity index (χ2v) is 5.91. The minimum absolute atomic E-state index is 0.139. The molecule has 82 valence electrons. The van der Waals surface area contributed by atoms with Crippen LogP contribution in [-0.2, 0) is 6.54 Å². The van der Waals surface area contributed by atoms with Gasteiger partial charge in [0, 0.05) is 4.88 Å². The van der Waals surface area contributed by atoms with E-state index in [1.165, 1.54) is 11.8 Å². The first kappa shape index (κ1) is 12.5. The molecule has 0 saturated heterocycles. The fourth-order valence-corrected chi connectivity index (χ4v) is 2.43. The summed E-state index contributed by atoms with van der Waals surface area (Å²) in [5, 5.41) is 12.4. The number of halogens is 1. The van der Waals surface area contributed by atoms with E-state index in [1.807, 2.05) is 12.1 Å². The highest BCUT2D eigenvalue weighted by Crippen LogP contribution is 2.21. The molecule has 3 N–H and O–H groups in total. The quantitative estimate of drug-likeness (QED) is 0.581. The van der Waals surface area contributed by atoms with Crippen molar-refractivity contribution < 1.29 is 4.79 Å². The number of rotatable bonds is 2. The Morgan fingerprint density at radius 2 is 2.40 bits per heavy atom. The van der Waals surface area contributed by atoms with Gasteiger partial charge < -0.3 is 5.32 Å². The number of amidine groups is 1. The molecular weight excluding hydrogens is 298 g/mol. The summed E-state index contributed by atoms with van der Waals surface area (Å²) >= 11 is 6.10. The molecule has 0 aliphatic rings. The molecule has 2 amide bonds. The maximum Gasteiger partial charge on any atom is 0.321 e. The molecule has 15 heavy (non-hydrogen) atoms. The molecule has 0 spiro atoms. The number of urea groups is 1. The van der Waals surface area contributed by atoms with Gasteiger partial charge in [0.15, 0.2) is 5.17 Å². The van der Waals surface area contributed by atoms with Gasteiger partial charge in [-0.15, -0.1) is 11.3 Å². The number of amides is 2. The standard InChI is InChI=1S/C8H10BrN3OS2/c1-14-7(10)12-8(13)11-4-5-2-3-6(9)15-5/h2-3H,4H2,1H3,(H3,10,11,12,13). The highest BCUT2D eigenvalue weighted by Gasteiger charge is 2.03. The van der Waals surface area contributed by atoms with Gasteiger partial charge in [-0.3, -0.25) is 10.7 Å². The van der Waals surface area contributed by atoms with Gasteiger partial charge in [0.25, 0.3) is 0 Å². The minimum atomic E-state index is -0.348. The van der Waals surface area contributed by atoms with E-state index in [0.29, 0.717) is 6.54 Å². The van der Waals surface area contributed by atoms with Crippen LogP contribution in [0.2, 0.25) is 0 Å². The average molecular weight is 308 g/mol. The van der Waals surface area contributed by atoms with Crippen molar-refractivity contribution in [2.24, 2.45) is 0 Å². The van der Waals surface area contributed by atoms with Gasteiger partial charge in [-0.2, -0.15) is 0 Å². The van der Waals surface area contributed by atoms with Crippen LogP contribution in [-0.4, -0.2) is 17.5 Å². The van der Waals surface area contributed by atoms with Crippen molar-refractivity contribution in [1.82, 2.24) is 10.6 Å². The SMILES string of the molecule is CSC(=N)NC(=O)NCc1ccc(Br)s1. The number of hydrogen-bond donors (Lipinski definition) is 3. The molecule has 0 aliphatic carbocycles. The van der Waals surface area contributed by atoms with Crippen LogP contribution in [0.1, 0.15) is 4.88 Å². The summed E-state index contributed by atoms with van der Waals surface area (Å²) in [7, 11) is 0. The lowest BCUT2D eigenvalue weighted by molar-refractivity contribution is 0.245. The van der Waals surface area contributed by atoms with Gasteiger partial charge in [-0.05, 0) is 34.3 Å². The van der Waals surface area contributed by atoms with Gasteiger partial charge >= 0.3 is 6.03 Å². The molecule has 0 unspecified atom stereocenters. The van der Waals surface area contributed by atoms with E-state index >= 15 is 0 Å². The Morgan fingerprint density at radius 1 is 1.67 bits per heavy atom. The number of hydrogen-bond acceptors (Lipinski definition) is 4. The maximum atomic E-state index is 11.2. The first-order valence-corrected chi connectivity index (χ1v) is 6.87. The highest BCUT2D eigenvalue weighted by atomic mass is 79.9. The zero-order chi connectivity index (χ0) is 11.3. The largest absolute Gasteiger partial charge is 0.333 e. The van der Waals surface area contributed by atoms with E-state index in [2.05, 4.69) is 26.6 Å². The summed E-state index contributed by atoms with van der Waals surface area (Å²) < 4.78 is 1.04. The summed E-state index contributed by atoms with van der Waals surface area (Å²) in [5.74, 6) is 0. The van der Waals surface area contributed by atoms with Crippen molar-refractivity contribution in [3.8, 4) is 0 Å². The highest BCUT2D eigenvalue weighted by molar-refractivity contribution is 9.11. The molecule has 0 atom stereocenters. The van der Waals surface area contributed by atoms with Gasteiger partial charge in [0.2, 0.25) is 0 Å². The Morgan fingerprint density at radius 3 is 2.93 bits per heavy atom. The van der Waals surface area contributed by atoms with Crippen LogP contribution in [0.15, 0.2) is 15.9 Å². The molecule has 4 nitrogen and oxygen atoms in total. The first-order chi connectivity index (χ1) is 7.11. The average Bonchev–Trinajstić information content (AvgIpc) is 2.61. The van der Waals surface area contributed by atoms with E-state index in [9.17, 15) is 4.79 Å². The van der Waals surface area contributed by atoms with Crippen LogP contribution < -0.4 is 10.6 Å². The van der Waals surface area contributed by atoms with Gasteiger partial charge in [-0.1, -0.05) is 11.8 Å². The summed E-state index contributed by atoms with van der Waals surface area (Å²) in [6, 6.07) is 3.53. The van der Waals surface area contributed by atoms with Crippen molar-refractivity contribution in [2.75, 3.05) is 6.26 Å². The minimum Gasteiger partial charge on any atom is -0.333 e. The number of thioether (sulfide) groups is 1. The smallest absolute Gasteiger partial charge is 0.321 e. The Kier molecular flexibility index (Phi) is 5.13. The molecular formula is C8H10BrN3OS2. The van der Waals surface area contributed by atoms with Gasteiger partial charge in [0.05, 0.1) is 10.3 Å².